The number of anilines is 2. The van der Waals surface area contributed by atoms with E-state index in [1.165, 1.54) is 7.11 Å². The highest BCUT2D eigenvalue weighted by Crippen LogP contribution is 2.34. The first-order chi connectivity index (χ1) is 9.95. The zero-order valence-corrected chi connectivity index (χ0v) is 12.5. The summed E-state index contributed by atoms with van der Waals surface area (Å²) in [5.74, 6) is -0.489. The van der Waals surface area contributed by atoms with Crippen LogP contribution in [-0.4, -0.2) is 44.3 Å². The minimum Gasteiger partial charge on any atom is -0.462 e. The van der Waals surface area contributed by atoms with Crippen molar-refractivity contribution in [3.8, 4) is 0 Å². The number of carbonyl (C=O) groups excluding carboxylic acids is 2. The van der Waals surface area contributed by atoms with E-state index in [2.05, 4.69) is 5.32 Å². The van der Waals surface area contributed by atoms with Crippen LogP contribution < -0.4 is 10.2 Å². The number of rotatable bonds is 5. The molecule has 1 aromatic rings. The zero-order chi connectivity index (χ0) is 15.5. The average molecular weight is 292 g/mol. The second kappa shape index (κ2) is 6.13. The summed E-state index contributed by atoms with van der Waals surface area (Å²) in [5.41, 5.74) is 1.00. The van der Waals surface area contributed by atoms with Crippen LogP contribution in [0.15, 0.2) is 24.3 Å². The minimum absolute atomic E-state index is 0.0519. The van der Waals surface area contributed by atoms with Crippen LogP contribution in [0.4, 0.5) is 11.4 Å². The van der Waals surface area contributed by atoms with Crippen molar-refractivity contribution in [2.75, 3.05) is 37.1 Å². The Hall–Kier alpha value is -2.08. The molecule has 2 rings (SSSR count). The van der Waals surface area contributed by atoms with Crippen molar-refractivity contribution in [1.82, 2.24) is 0 Å². The summed E-state index contributed by atoms with van der Waals surface area (Å²) in [5, 5.41) is 3.22. The number of methoxy groups -OCH3 is 1. The molecule has 1 N–H and O–H groups in total. The van der Waals surface area contributed by atoms with Crippen LogP contribution in [0.2, 0.25) is 0 Å². The molecule has 1 heterocycles. The predicted molar refractivity (Wildman–Crippen MR) is 79.3 cm³/mol. The highest BCUT2D eigenvalue weighted by molar-refractivity contribution is 6.07. The molecule has 1 aliphatic rings. The van der Waals surface area contributed by atoms with Crippen LogP contribution >= 0.6 is 0 Å². The van der Waals surface area contributed by atoms with Gasteiger partial charge in [0.1, 0.15) is 18.8 Å². The quantitative estimate of drug-likeness (QED) is 0.831. The monoisotopic (exact) mass is 292 g/mol. The SMILES string of the molecule is COCC(=O)OCCN1C(=O)C(C)(C)Nc2ccccc21. The van der Waals surface area contributed by atoms with E-state index in [1.54, 1.807) is 4.90 Å². The Labute approximate surface area is 124 Å². The summed E-state index contributed by atoms with van der Waals surface area (Å²) in [4.78, 5) is 25.4. The fraction of sp³-hybridized carbons (Fsp3) is 0.467. The third-order valence-corrected chi connectivity index (χ3v) is 3.26. The number of esters is 1. The Morgan fingerprint density at radius 3 is 2.76 bits per heavy atom. The molecule has 6 nitrogen and oxygen atoms in total. The lowest BCUT2D eigenvalue weighted by atomic mass is 9.98. The van der Waals surface area contributed by atoms with Crippen molar-refractivity contribution < 1.29 is 19.1 Å². The number of hydrogen-bond donors (Lipinski definition) is 1. The number of carbonyl (C=O) groups is 2. The van der Waals surface area contributed by atoms with Crippen LogP contribution in [-0.2, 0) is 19.1 Å². The smallest absolute Gasteiger partial charge is 0.332 e. The van der Waals surface area contributed by atoms with Gasteiger partial charge in [0.15, 0.2) is 0 Å². The maximum absolute atomic E-state index is 12.5. The van der Waals surface area contributed by atoms with Gasteiger partial charge in [-0.15, -0.1) is 0 Å². The largest absolute Gasteiger partial charge is 0.462 e. The molecule has 0 fully saturated rings. The van der Waals surface area contributed by atoms with Crippen molar-refractivity contribution >= 4 is 23.3 Å². The number of nitrogens with zero attached hydrogens (tertiary/aromatic N) is 1. The molecular weight excluding hydrogens is 272 g/mol. The number of fused-ring (bicyclic) bond motifs is 1. The van der Waals surface area contributed by atoms with E-state index < -0.39 is 11.5 Å². The molecule has 0 saturated carbocycles. The van der Waals surface area contributed by atoms with Gasteiger partial charge in [-0.1, -0.05) is 12.1 Å². The van der Waals surface area contributed by atoms with Gasteiger partial charge >= 0.3 is 5.97 Å². The number of benzene rings is 1. The van der Waals surface area contributed by atoms with E-state index >= 15 is 0 Å². The van der Waals surface area contributed by atoms with E-state index in [9.17, 15) is 9.59 Å². The van der Waals surface area contributed by atoms with Gasteiger partial charge in [-0.3, -0.25) is 4.79 Å². The van der Waals surface area contributed by atoms with Gasteiger partial charge in [0.2, 0.25) is 0 Å². The van der Waals surface area contributed by atoms with Crippen LogP contribution in [0.3, 0.4) is 0 Å². The van der Waals surface area contributed by atoms with Gasteiger partial charge in [0, 0.05) is 7.11 Å². The van der Waals surface area contributed by atoms with E-state index in [0.29, 0.717) is 6.54 Å². The number of para-hydroxylation sites is 2. The molecule has 0 radical (unpaired) electrons. The van der Waals surface area contributed by atoms with Crippen molar-refractivity contribution in [1.29, 1.82) is 0 Å². The molecule has 0 spiro atoms. The van der Waals surface area contributed by atoms with Crippen LogP contribution in [0.5, 0.6) is 0 Å². The number of ether oxygens (including phenoxy) is 2. The molecule has 1 amide bonds. The molecule has 0 unspecified atom stereocenters. The van der Waals surface area contributed by atoms with Crippen molar-refractivity contribution in [2.45, 2.75) is 19.4 Å². The molecule has 6 heteroatoms. The summed E-state index contributed by atoms with van der Waals surface area (Å²) in [6, 6.07) is 7.57. The highest BCUT2D eigenvalue weighted by Gasteiger charge is 2.38. The Morgan fingerprint density at radius 1 is 1.33 bits per heavy atom. The van der Waals surface area contributed by atoms with Crippen molar-refractivity contribution in [3.63, 3.8) is 0 Å². The molecule has 1 aliphatic heterocycles. The fourth-order valence-corrected chi connectivity index (χ4v) is 2.28. The number of hydrogen-bond acceptors (Lipinski definition) is 5. The van der Waals surface area contributed by atoms with Gasteiger partial charge in [-0.25, -0.2) is 4.79 Å². The topological polar surface area (TPSA) is 67.9 Å². The van der Waals surface area contributed by atoms with E-state index in [0.717, 1.165) is 11.4 Å². The van der Waals surface area contributed by atoms with Gasteiger partial charge in [0.05, 0.1) is 17.9 Å². The molecule has 114 valence electrons. The third-order valence-electron chi connectivity index (χ3n) is 3.26. The Balaban J connectivity index is 2.10. The zero-order valence-electron chi connectivity index (χ0n) is 12.5. The molecule has 21 heavy (non-hydrogen) atoms. The van der Waals surface area contributed by atoms with E-state index in [4.69, 9.17) is 9.47 Å². The van der Waals surface area contributed by atoms with Gasteiger partial charge < -0.3 is 19.7 Å². The Bertz CT molecular complexity index is 542. The lowest BCUT2D eigenvalue weighted by molar-refractivity contribution is -0.147. The summed E-state index contributed by atoms with van der Waals surface area (Å²) in [6.45, 7) is 4.02. The maximum Gasteiger partial charge on any atom is 0.332 e. The van der Waals surface area contributed by atoms with Crippen molar-refractivity contribution in [3.05, 3.63) is 24.3 Å². The molecule has 1 aromatic carbocycles. The molecule has 0 aliphatic carbocycles. The summed E-state index contributed by atoms with van der Waals surface area (Å²) < 4.78 is 9.73. The number of nitrogens with one attached hydrogen (secondary N) is 1. The standard InChI is InChI=1S/C15H20N2O4/c1-15(2)14(19)17(8-9-21-13(18)10-20-3)12-7-5-4-6-11(12)16-15/h4-7,16H,8-10H2,1-3H3. The average Bonchev–Trinajstić information content (AvgIpc) is 2.43. The summed E-state index contributed by atoms with van der Waals surface area (Å²) in [6.07, 6.45) is 0. The molecule has 0 aromatic heterocycles. The maximum atomic E-state index is 12.5. The van der Waals surface area contributed by atoms with Crippen molar-refractivity contribution in [2.24, 2.45) is 0 Å². The summed E-state index contributed by atoms with van der Waals surface area (Å²) in [7, 11) is 1.43. The molecular formula is C15H20N2O4. The molecule has 0 atom stereocenters. The predicted octanol–water partition coefficient (Wildman–Crippen LogP) is 1.41. The second-order valence-electron chi connectivity index (χ2n) is 5.38. The molecule has 0 saturated heterocycles. The van der Waals surface area contributed by atoms with Gasteiger partial charge in [-0.05, 0) is 26.0 Å². The van der Waals surface area contributed by atoms with Crippen LogP contribution in [0.1, 0.15) is 13.8 Å². The highest BCUT2D eigenvalue weighted by atomic mass is 16.6. The van der Waals surface area contributed by atoms with E-state index in [-0.39, 0.29) is 19.1 Å². The second-order valence-corrected chi connectivity index (χ2v) is 5.38. The van der Waals surface area contributed by atoms with Gasteiger partial charge in [-0.2, -0.15) is 0 Å². The first-order valence-electron chi connectivity index (χ1n) is 6.79. The lowest BCUT2D eigenvalue weighted by Gasteiger charge is -2.39. The Kier molecular flexibility index (Phi) is 4.47. The summed E-state index contributed by atoms with van der Waals surface area (Å²) >= 11 is 0. The molecule has 0 bridgehead atoms. The first kappa shape index (κ1) is 15.3. The van der Waals surface area contributed by atoms with Gasteiger partial charge in [0.25, 0.3) is 5.91 Å². The first-order valence-corrected chi connectivity index (χ1v) is 6.79. The lowest BCUT2D eigenvalue weighted by Crippen LogP contribution is -2.54. The van der Waals surface area contributed by atoms with E-state index in [1.807, 2.05) is 38.1 Å². The fourth-order valence-electron chi connectivity index (χ4n) is 2.28. The minimum atomic E-state index is -0.690. The van der Waals surface area contributed by atoms with Crippen LogP contribution in [0, 0.1) is 0 Å². The Morgan fingerprint density at radius 2 is 2.05 bits per heavy atom. The number of amides is 1. The van der Waals surface area contributed by atoms with Crippen LogP contribution in [0.25, 0.3) is 0 Å². The normalized spacial score (nSPS) is 16.1. The third kappa shape index (κ3) is 3.33.